The maximum atomic E-state index is 6.35. The fourth-order valence-electron chi connectivity index (χ4n) is 2.26. The first-order chi connectivity index (χ1) is 8.74. The van der Waals surface area contributed by atoms with E-state index < -0.39 is 0 Å². The highest BCUT2D eigenvalue weighted by Crippen LogP contribution is 2.24. The summed E-state index contributed by atoms with van der Waals surface area (Å²) in [6.45, 7) is 4.32. The molecule has 96 valence electrons. The van der Waals surface area contributed by atoms with E-state index in [0.29, 0.717) is 0 Å². The van der Waals surface area contributed by atoms with Gasteiger partial charge in [0.25, 0.3) is 0 Å². The highest BCUT2D eigenvalue weighted by Gasteiger charge is 2.18. The average Bonchev–Trinajstić information content (AvgIpc) is 2.87. The van der Waals surface area contributed by atoms with Crippen molar-refractivity contribution in [1.29, 1.82) is 0 Å². The molecular weight excluding hydrogens is 222 g/mol. The molecule has 0 fully saturated rings. The van der Waals surface area contributed by atoms with Crippen LogP contribution in [0.1, 0.15) is 43.7 Å². The Morgan fingerprint density at radius 1 is 1.28 bits per heavy atom. The minimum absolute atomic E-state index is 0.00370. The number of rotatable bonds is 5. The first-order valence-corrected chi connectivity index (χ1v) is 6.56. The number of hydrogen-bond donors (Lipinski definition) is 1. The van der Waals surface area contributed by atoms with Crippen molar-refractivity contribution in [2.75, 3.05) is 0 Å². The van der Waals surface area contributed by atoms with Crippen molar-refractivity contribution >= 4 is 0 Å². The molecule has 0 amide bonds. The Bertz CT molecular complexity index is 475. The second-order valence-electron chi connectivity index (χ2n) is 4.68. The lowest BCUT2D eigenvalue weighted by molar-refractivity contribution is 0.438. The molecule has 3 heteroatoms. The zero-order valence-corrected chi connectivity index (χ0v) is 11.1. The minimum Gasteiger partial charge on any atom is -0.330 e. The SMILES string of the molecule is CCCc1nccn1C(C)C(N)c1ccccc1. The van der Waals surface area contributed by atoms with Crippen LogP contribution in [0.4, 0.5) is 0 Å². The number of aromatic nitrogens is 2. The van der Waals surface area contributed by atoms with Crippen LogP contribution >= 0.6 is 0 Å². The van der Waals surface area contributed by atoms with Gasteiger partial charge in [0.2, 0.25) is 0 Å². The Kier molecular flexibility index (Phi) is 4.15. The molecule has 2 rings (SSSR count). The van der Waals surface area contributed by atoms with Crippen LogP contribution in [0.25, 0.3) is 0 Å². The van der Waals surface area contributed by atoms with Gasteiger partial charge in [-0.15, -0.1) is 0 Å². The summed E-state index contributed by atoms with van der Waals surface area (Å²) in [5, 5.41) is 0. The van der Waals surface area contributed by atoms with Crippen molar-refractivity contribution in [3.63, 3.8) is 0 Å². The average molecular weight is 243 g/mol. The molecule has 0 saturated carbocycles. The van der Waals surface area contributed by atoms with Crippen molar-refractivity contribution in [1.82, 2.24) is 9.55 Å². The molecule has 2 atom stereocenters. The van der Waals surface area contributed by atoms with Crippen LogP contribution < -0.4 is 5.73 Å². The zero-order valence-electron chi connectivity index (χ0n) is 11.1. The topological polar surface area (TPSA) is 43.8 Å². The highest BCUT2D eigenvalue weighted by molar-refractivity contribution is 5.20. The fourth-order valence-corrected chi connectivity index (χ4v) is 2.26. The van der Waals surface area contributed by atoms with Crippen LogP contribution in [0.2, 0.25) is 0 Å². The molecule has 0 saturated heterocycles. The van der Waals surface area contributed by atoms with Gasteiger partial charge in [0.1, 0.15) is 5.82 Å². The molecule has 18 heavy (non-hydrogen) atoms. The minimum atomic E-state index is -0.00370. The van der Waals surface area contributed by atoms with Crippen molar-refractivity contribution in [3.8, 4) is 0 Å². The summed E-state index contributed by atoms with van der Waals surface area (Å²) in [5.41, 5.74) is 7.51. The Hall–Kier alpha value is -1.61. The van der Waals surface area contributed by atoms with Gasteiger partial charge in [-0.25, -0.2) is 4.98 Å². The standard InChI is InChI=1S/C15H21N3/c1-3-7-14-17-10-11-18(14)12(2)15(16)13-8-5-4-6-9-13/h4-6,8-12,15H,3,7,16H2,1-2H3. The van der Waals surface area contributed by atoms with Crippen LogP contribution in [0.5, 0.6) is 0 Å². The molecule has 0 spiro atoms. The van der Waals surface area contributed by atoms with E-state index in [1.54, 1.807) is 0 Å². The van der Waals surface area contributed by atoms with Crippen LogP contribution in [0, 0.1) is 0 Å². The first kappa shape index (κ1) is 12.8. The summed E-state index contributed by atoms with van der Waals surface area (Å²) in [5.74, 6) is 1.12. The van der Waals surface area contributed by atoms with Gasteiger partial charge >= 0.3 is 0 Å². The Labute approximate surface area is 109 Å². The maximum Gasteiger partial charge on any atom is 0.108 e. The van der Waals surface area contributed by atoms with E-state index in [1.807, 2.05) is 30.6 Å². The lowest BCUT2D eigenvalue weighted by Gasteiger charge is -2.23. The number of hydrogen-bond acceptors (Lipinski definition) is 2. The molecule has 0 aliphatic heterocycles. The molecule has 3 nitrogen and oxygen atoms in total. The quantitative estimate of drug-likeness (QED) is 0.877. The summed E-state index contributed by atoms with van der Waals surface area (Å²) in [7, 11) is 0. The Morgan fingerprint density at radius 2 is 2.00 bits per heavy atom. The largest absolute Gasteiger partial charge is 0.330 e. The van der Waals surface area contributed by atoms with Crippen LogP contribution in [-0.4, -0.2) is 9.55 Å². The van der Waals surface area contributed by atoms with Gasteiger partial charge in [0, 0.05) is 18.8 Å². The summed E-state index contributed by atoms with van der Waals surface area (Å²) in [6.07, 6.45) is 5.99. The second kappa shape index (κ2) is 5.83. The van der Waals surface area contributed by atoms with E-state index in [9.17, 15) is 0 Å². The molecule has 0 radical (unpaired) electrons. The van der Waals surface area contributed by atoms with E-state index in [-0.39, 0.29) is 12.1 Å². The summed E-state index contributed by atoms with van der Waals surface area (Å²) >= 11 is 0. The number of nitrogens with two attached hydrogens (primary N) is 1. The molecule has 0 aliphatic rings. The van der Waals surface area contributed by atoms with Crippen molar-refractivity contribution in [2.24, 2.45) is 5.73 Å². The predicted octanol–water partition coefficient (Wildman–Crippen LogP) is 3.10. The van der Waals surface area contributed by atoms with Gasteiger partial charge in [-0.1, -0.05) is 37.3 Å². The van der Waals surface area contributed by atoms with Gasteiger partial charge in [0.15, 0.2) is 0 Å². The monoisotopic (exact) mass is 243 g/mol. The van der Waals surface area contributed by atoms with Crippen molar-refractivity contribution in [2.45, 2.75) is 38.8 Å². The predicted molar refractivity (Wildman–Crippen MR) is 74.3 cm³/mol. The van der Waals surface area contributed by atoms with Gasteiger partial charge in [-0.3, -0.25) is 0 Å². The third-order valence-electron chi connectivity index (χ3n) is 3.37. The number of nitrogens with zero attached hydrogens (tertiary/aromatic N) is 2. The smallest absolute Gasteiger partial charge is 0.108 e. The summed E-state index contributed by atoms with van der Waals surface area (Å²) in [6, 6.07) is 10.5. The molecule has 0 bridgehead atoms. The number of aryl methyl sites for hydroxylation is 1. The van der Waals surface area contributed by atoms with Gasteiger partial charge in [-0.2, -0.15) is 0 Å². The molecule has 2 N–H and O–H groups in total. The molecule has 2 aromatic rings. The molecule has 2 unspecified atom stereocenters. The Morgan fingerprint density at radius 3 is 2.67 bits per heavy atom. The fraction of sp³-hybridized carbons (Fsp3) is 0.400. The Balaban J connectivity index is 2.20. The van der Waals surface area contributed by atoms with E-state index in [1.165, 1.54) is 5.56 Å². The number of benzene rings is 1. The lowest BCUT2D eigenvalue weighted by Crippen LogP contribution is -2.23. The van der Waals surface area contributed by atoms with Gasteiger partial charge in [0.05, 0.1) is 12.1 Å². The van der Waals surface area contributed by atoms with Crippen LogP contribution in [-0.2, 0) is 6.42 Å². The van der Waals surface area contributed by atoms with E-state index >= 15 is 0 Å². The highest BCUT2D eigenvalue weighted by atomic mass is 15.1. The zero-order chi connectivity index (χ0) is 13.0. The summed E-state index contributed by atoms with van der Waals surface area (Å²) < 4.78 is 2.20. The van der Waals surface area contributed by atoms with Crippen LogP contribution in [0.3, 0.4) is 0 Å². The third-order valence-corrected chi connectivity index (χ3v) is 3.37. The molecule has 1 heterocycles. The molecule has 1 aromatic carbocycles. The van der Waals surface area contributed by atoms with Crippen molar-refractivity contribution < 1.29 is 0 Å². The second-order valence-corrected chi connectivity index (χ2v) is 4.68. The van der Waals surface area contributed by atoms with Crippen molar-refractivity contribution in [3.05, 3.63) is 54.1 Å². The first-order valence-electron chi connectivity index (χ1n) is 6.56. The number of imidazole rings is 1. The van der Waals surface area contributed by atoms with Gasteiger partial charge in [-0.05, 0) is 18.9 Å². The maximum absolute atomic E-state index is 6.35. The van der Waals surface area contributed by atoms with Gasteiger partial charge < -0.3 is 10.3 Å². The molecular formula is C15H21N3. The molecule has 1 aromatic heterocycles. The van der Waals surface area contributed by atoms with E-state index in [2.05, 4.69) is 35.5 Å². The van der Waals surface area contributed by atoms with E-state index in [4.69, 9.17) is 5.73 Å². The lowest BCUT2D eigenvalue weighted by atomic mass is 10.0. The normalized spacial score (nSPS) is 14.4. The van der Waals surface area contributed by atoms with E-state index in [0.717, 1.165) is 18.7 Å². The van der Waals surface area contributed by atoms with Crippen LogP contribution in [0.15, 0.2) is 42.7 Å². The molecule has 0 aliphatic carbocycles. The third kappa shape index (κ3) is 2.62. The summed E-state index contributed by atoms with van der Waals surface area (Å²) in [4.78, 5) is 4.41.